The first-order valence-electron chi connectivity index (χ1n) is 22.7. The molecule has 0 spiro atoms. The lowest BCUT2D eigenvalue weighted by Gasteiger charge is -2.44. The molecule has 1 N–H and O–H groups in total. The van der Waals surface area contributed by atoms with E-state index in [1.807, 2.05) is 67.6 Å². The van der Waals surface area contributed by atoms with Gasteiger partial charge in [0.15, 0.2) is 23.7 Å². The second-order valence-electron chi connectivity index (χ2n) is 16.2. The Bertz CT molecular complexity index is 3120. The minimum absolute atomic E-state index is 0. The molecule has 7 aromatic rings. The normalized spacial score (nSPS) is 20.4. The number of amidine groups is 3. The number of thioether (sulfide) groups is 2. The van der Waals surface area contributed by atoms with E-state index in [2.05, 4.69) is 0 Å². The number of esters is 4. The average molecular weight is 1050 g/mol. The molecule has 0 bridgehead atoms. The van der Waals surface area contributed by atoms with E-state index in [9.17, 15) is 19.2 Å². The van der Waals surface area contributed by atoms with E-state index < -0.39 is 60.3 Å². The number of hydrogen-bond acceptors (Lipinski definition) is 13. The van der Waals surface area contributed by atoms with Gasteiger partial charge in [-0.1, -0.05) is 126 Å². The van der Waals surface area contributed by atoms with Gasteiger partial charge in [-0.25, -0.2) is 24.2 Å². The number of nitrogens with zero attached hydrogens (tertiary/aromatic N) is 3. The van der Waals surface area contributed by atoms with Crippen LogP contribution < -0.4 is 17.3 Å². The Labute approximate surface area is 440 Å². The summed E-state index contributed by atoms with van der Waals surface area (Å²) in [5.74, 6) is -3.13. The second-order valence-corrected chi connectivity index (χ2v) is 18.7. The van der Waals surface area contributed by atoms with Crippen LogP contribution in [-0.2, 0) is 23.7 Å². The number of aryl methyl sites for hydroxylation is 1. The van der Waals surface area contributed by atoms with E-state index in [-0.39, 0.29) is 34.7 Å². The molecule has 0 saturated carbocycles. The van der Waals surface area contributed by atoms with Gasteiger partial charge in [-0.2, -0.15) is 14.9 Å². The fourth-order valence-electron chi connectivity index (χ4n) is 7.58. The first kappa shape index (κ1) is 52.0. The van der Waals surface area contributed by atoms with Crippen LogP contribution in [0.15, 0.2) is 215 Å². The predicted molar refractivity (Wildman–Crippen MR) is 279 cm³/mol. The van der Waals surface area contributed by atoms with Crippen molar-refractivity contribution in [3.63, 3.8) is 0 Å². The third-order valence-electron chi connectivity index (χ3n) is 11.1. The molecule has 0 aliphatic carbocycles. The van der Waals surface area contributed by atoms with Crippen molar-refractivity contribution < 1.29 is 60.2 Å². The minimum atomic E-state index is -1.60. The molecule has 2 heterocycles. The maximum absolute atomic E-state index is 14.4. The molecule has 368 valence electrons. The van der Waals surface area contributed by atoms with Crippen molar-refractivity contribution in [1.82, 2.24) is 0 Å². The van der Waals surface area contributed by atoms with Crippen molar-refractivity contribution in [3.05, 3.63) is 233 Å². The highest BCUT2D eigenvalue weighted by molar-refractivity contribution is 8.26. The van der Waals surface area contributed by atoms with Gasteiger partial charge in [0.1, 0.15) is 18.4 Å². The summed E-state index contributed by atoms with van der Waals surface area (Å²) in [5.41, 5.74) is 2.35. The Hall–Kier alpha value is -7.37. The number of halogens is 2. The maximum atomic E-state index is 14.4. The lowest BCUT2D eigenvalue weighted by molar-refractivity contribution is -0.608. The molecule has 1 fully saturated rings. The number of benzene rings is 7. The van der Waals surface area contributed by atoms with Crippen LogP contribution in [0.2, 0.25) is 5.02 Å². The lowest BCUT2D eigenvalue weighted by atomic mass is 9.98. The van der Waals surface area contributed by atoms with Crippen LogP contribution in [0.4, 0.5) is 17.1 Å². The van der Waals surface area contributed by atoms with Gasteiger partial charge in [-0.3, -0.25) is 0 Å². The summed E-state index contributed by atoms with van der Waals surface area (Å²) in [6.45, 7) is 1.47. The van der Waals surface area contributed by atoms with E-state index >= 15 is 0 Å². The van der Waals surface area contributed by atoms with E-state index in [0.717, 1.165) is 17.3 Å². The molecule has 13 nitrogen and oxygen atoms in total. The summed E-state index contributed by atoms with van der Waals surface area (Å²) in [5, 5.41) is 1.55. The Balaban J connectivity index is 0.00000711. The lowest BCUT2D eigenvalue weighted by Crippen LogP contribution is -3.12. The largest absolute Gasteiger partial charge is 1.00 e. The molecule has 0 aromatic heterocycles. The number of carbonyl (C=O) groups excluding carboxylic acids is 4. The fourth-order valence-corrected chi connectivity index (χ4v) is 10.1. The third-order valence-corrected chi connectivity index (χ3v) is 13.4. The Morgan fingerprint density at radius 1 is 0.589 bits per heavy atom. The average Bonchev–Trinajstić information content (AvgIpc) is 3.41. The number of nitrogens with one attached hydrogen (secondary N) is 1. The van der Waals surface area contributed by atoms with Gasteiger partial charge in [-0.15, -0.1) is 0 Å². The topological polar surface area (TPSA) is 156 Å². The molecule has 7 aromatic carbocycles. The van der Waals surface area contributed by atoms with Crippen molar-refractivity contribution in [1.29, 1.82) is 0 Å². The van der Waals surface area contributed by atoms with Crippen molar-refractivity contribution in [3.8, 4) is 0 Å². The molecule has 2 aliphatic heterocycles. The number of carbonyl (C=O) groups is 4. The van der Waals surface area contributed by atoms with Crippen molar-refractivity contribution in [2.45, 2.75) is 36.8 Å². The molecule has 2 aliphatic rings. The number of hydrogen-bond donors (Lipinski definition) is 1. The Morgan fingerprint density at radius 3 is 1.60 bits per heavy atom. The SMILES string of the molecule is Cc1ccc(N=C2N=C(SC3O[C@H](COC(=O)c4ccccc4)[C@@H](OC(=O)c4ccccc4)[C@H](OC(=O)c4ccccc4)[C@H]3OC(=O)c3ccccc3)[NH+](c3cccc(Cl)c3)C(=Nc3ccccc3)S2)cc1.[Cl-]. The summed E-state index contributed by atoms with van der Waals surface area (Å²) in [7, 11) is 0. The minimum Gasteiger partial charge on any atom is -1.00 e. The van der Waals surface area contributed by atoms with Crippen LogP contribution in [-0.4, -0.2) is 75.8 Å². The van der Waals surface area contributed by atoms with Gasteiger partial charge < -0.3 is 36.1 Å². The summed E-state index contributed by atoms with van der Waals surface area (Å²) in [6.07, 6.45) is -6.05. The molecular formula is C56H44Cl2N4O9S2. The molecule has 73 heavy (non-hydrogen) atoms. The first-order chi connectivity index (χ1) is 35.1. The number of rotatable bonds is 13. The highest BCUT2D eigenvalue weighted by Crippen LogP contribution is 2.37. The Morgan fingerprint density at radius 2 is 1.07 bits per heavy atom. The molecule has 0 amide bonds. The number of ether oxygens (including phenoxy) is 5. The monoisotopic (exact) mass is 1050 g/mol. The second kappa shape index (κ2) is 24.8. The predicted octanol–water partition coefficient (Wildman–Crippen LogP) is 7.64. The van der Waals surface area contributed by atoms with E-state index in [4.69, 9.17) is 50.3 Å². The van der Waals surface area contributed by atoms with Gasteiger partial charge in [0.2, 0.25) is 5.17 Å². The maximum Gasteiger partial charge on any atom is 0.338 e. The zero-order valence-electron chi connectivity index (χ0n) is 38.7. The van der Waals surface area contributed by atoms with E-state index in [1.54, 1.807) is 140 Å². The quantitative estimate of drug-likeness (QED) is 0.0895. The fraction of sp³-hybridized carbons (Fsp3) is 0.125. The number of aliphatic imine (C=N–C) groups is 3. The standard InChI is InChI=1S/C56H43ClN4O9S2.ClH/c1-36-30-32-43(33-31-36)58-54-60-56(61(44-29-17-26-41(57)34-44)55(72-54)59-42-27-15-6-16-28-42)71-53-48(70-52(65)40-24-13-5-14-25-40)47(69-51(64)39-22-11-4-12-23-39)46(68-50(63)38-20-9-3-10-21-38)45(67-53)35-66-49(62)37-18-7-2-8-19-37;/h2-34,45-48,53H,35H2,1H3;1H/t45-,46-,47+,48-,53?;/m1./s1. The van der Waals surface area contributed by atoms with Crippen LogP contribution >= 0.6 is 35.1 Å². The highest BCUT2D eigenvalue weighted by Gasteiger charge is 2.55. The summed E-state index contributed by atoms with van der Waals surface area (Å²) in [4.78, 5) is 72.4. The van der Waals surface area contributed by atoms with Crippen LogP contribution in [0.25, 0.3) is 0 Å². The molecule has 0 radical (unpaired) electrons. The molecule has 9 rings (SSSR count). The van der Waals surface area contributed by atoms with Crippen molar-refractivity contribution in [2.75, 3.05) is 6.61 Å². The number of quaternary nitrogens is 1. The first-order valence-corrected chi connectivity index (χ1v) is 24.7. The van der Waals surface area contributed by atoms with Crippen molar-refractivity contribution >= 4 is 91.6 Å². The third kappa shape index (κ3) is 13.4. The van der Waals surface area contributed by atoms with Crippen LogP contribution in [0, 0.1) is 6.92 Å². The molecule has 17 heteroatoms. The highest BCUT2D eigenvalue weighted by atomic mass is 35.5. The smallest absolute Gasteiger partial charge is 0.338 e. The van der Waals surface area contributed by atoms with E-state index in [1.165, 1.54) is 11.8 Å². The van der Waals surface area contributed by atoms with Crippen molar-refractivity contribution in [2.24, 2.45) is 15.0 Å². The van der Waals surface area contributed by atoms with Crippen LogP contribution in [0.5, 0.6) is 0 Å². The molecule has 2 unspecified atom stereocenters. The molecule has 6 atom stereocenters. The molecule has 1 saturated heterocycles. The number of para-hydroxylation sites is 1. The van der Waals surface area contributed by atoms with Crippen LogP contribution in [0.1, 0.15) is 47.0 Å². The summed E-state index contributed by atoms with van der Waals surface area (Å²) >= 11 is 8.97. The van der Waals surface area contributed by atoms with Gasteiger partial charge in [-0.05, 0) is 97.5 Å². The summed E-state index contributed by atoms with van der Waals surface area (Å²) < 4.78 is 32.0. The zero-order valence-corrected chi connectivity index (χ0v) is 41.9. The molecular weight excluding hydrogens is 1010 g/mol. The Kier molecular flexibility index (Phi) is 17.7. The summed E-state index contributed by atoms with van der Waals surface area (Å²) in [6, 6.07) is 57.2. The van der Waals surface area contributed by atoms with Gasteiger partial charge in [0.05, 0.1) is 33.6 Å². The van der Waals surface area contributed by atoms with Gasteiger partial charge in [0.25, 0.3) is 10.3 Å². The van der Waals surface area contributed by atoms with Gasteiger partial charge >= 0.3 is 23.9 Å². The zero-order chi connectivity index (χ0) is 49.8. The van der Waals surface area contributed by atoms with Crippen LogP contribution in [0.3, 0.4) is 0 Å². The van der Waals surface area contributed by atoms with Gasteiger partial charge in [0, 0.05) is 28.9 Å². The van der Waals surface area contributed by atoms with E-state index in [0.29, 0.717) is 42.5 Å².